The number of nitrogens with zero attached hydrogens (tertiary/aromatic N) is 2. The first kappa shape index (κ1) is 16.4. The summed E-state index contributed by atoms with van der Waals surface area (Å²) in [5, 5.41) is 3.46. The van der Waals surface area contributed by atoms with Crippen LogP contribution in [0.1, 0.15) is 38.6 Å². The van der Waals surface area contributed by atoms with Gasteiger partial charge in [0.2, 0.25) is 0 Å². The monoisotopic (exact) mass is 291 g/mol. The number of ether oxygens (including phenoxy) is 1. The first-order valence-electron chi connectivity index (χ1n) is 8.16. The average molecular weight is 291 g/mol. The molecule has 0 saturated carbocycles. The topological polar surface area (TPSA) is 37.4 Å². The molecule has 0 bridgehead atoms. The van der Waals surface area contributed by atoms with E-state index in [9.17, 15) is 0 Å². The third-order valence-corrected chi connectivity index (χ3v) is 3.91. The fourth-order valence-corrected chi connectivity index (χ4v) is 2.69. The van der Waals surface area contributed by atoms with E-state index in [1.165, 1.54) is 5.69 Å². The van der Waals surface area contributed by atoms with Crippen molar-refractivity contribution in [2.45, 2.75) is 46.3 Å². The summed E-state index contributed by atoms with van der Waals surface area (Å²) in [5.41, 5.74) is 2.30. The van der Waals surface area contributed by atoms with E-state index in [0.717, 1.165) is 51.5 Å². The highest BCUT2D eigenvalue weighted by molar-refractivity contribution is 5.11. The predicted molar refractivity (Wildman–Crippen MR) is 86.1 cm³/mol. The molecule has 0 radical (unpaired) electrons. The van der Waals surface area contributed by atoms with Crippen LogP contribution < -0.4 is 5.32 Å². The molecule has 0 aliphatic carbocycles. The minimum Gasteiger partial charge on any atom is -0.378 e. The van der Waals surface area contributed by atoms with Crippen LogP contribution in [0.5, 0.6) is 0 Å². The van der Waals surface area contributed by atoms with E-state index in [1.807, 2.05) is 0 Å². The number of hydrogen-bond donors (Lipinski definition) is 1. The van der Waals surface area contributed by atoms with Crippen LogP contribution in [0, 0.1) is 5.92 Å². The van der Waals surface area contributed by atoms with Crippen molar-refractivity contribution in [3.05, 3.63) is 29.6 Å². The van der Waals surface area contributed by atoms with Gasteiger partial charge in [-0.05, 0) is 31.0 Å². The number of pyridine rings is 1. The number of morpholine rings is 1. The molecule has 1 unspecified atom stereocenters. The van der Waals surface area contributed by atoms with Crippen molar-refractivity contribution in [2.24, 2.45) is 5.92 Å². The number of hydrogen-bond acceptors (Lipinski definition) is 4. The molecule has 1 fully saturated rings. The molecule has 1 saturated heterocycles. The van der Waals surface area contributed by atoms with Gasteiger partial charge in [-0.3, -0.25) is 9.88 Å². The van der Waals surface area contributed by atoms with E-state index in [4.69, 9.17) is 9.72 Å². The molecule has 2 rings (SSSR count). The zero-order valence-electron chi connectivity index (χ0n) is 13.6. The van der Waals surface area contributed by atoms with Gasteiger partial charge in [0.15, 0.2) is 0 Å². The minimum absolute atomic E-state index is 0.531. The molecule has 2 heterocycles. The van der Waals surface area contributed by atoms with Gasteiger partial charge >= 0.3 is 0 Å². The van der Waals surface area contributed by atoms with Crippen molar-refractivity contribution in [2.75, 3.05) is 26.3 Å². The number of aromatic nitrogens is 1. The molecule has 1 aliphatic heterocycles. The minimum atomic E-state index is 0.531. The van der Waals surface area contributed by atoms with Gasteiger partial charge < -0.3 is 10.1 Å². The van der Waals surface area contributed by atoms with Crippen LogP contribution in [-0.2, 0) is 17.8 Å². The van der Waals surface area contributed by atoms with E-state index in [-0.39, 0.29) is 0 Å². The summed E-state index contributed by atoms with van der Waals surface area (Å²) in [4.78, 5) is 7.28. The van der Waals surface area contributed by atoms with E-state index in [1.54, 1.807) is 0 Å². The number of nitrogens with one attached hydrogen (secondary N) is 1. The molecule has 21 heavy (non-hydrogen) atoms. The smallest absolute Gasteiger partial charge is 0.0622 e. The average Bonchev–Trinajstić information content (AvgIpc) is 2.48. The quantitative estimate of drug-likeness (QED) is 0.837. The van der Waals surface area contributed by atoms with Crippen molar-refractivity contribution < 1.29 is 4.74 Å². The summed E-state index contributed by atoms with van der Waals surface area (Å²) < 4.78 is 5.57. The van der Waals surface area contributed by atoms with Crippen LogP contribution in [0.15, 0.2) is 18.2 Å². The van der Waals surface area contributed by atoms with Crippen molar-refractivity contribution in [3.63, 3.8) is 0 Å². The van der Waals surface area contributed by atoms with Gasteiger partial charge in [0.25, 0.3) is 0 Å². The normalized spacial score (nSPS) is 20.1. The molecule has 4 heteroatoms. The third-order valence-electron chi connectivity index (χ3n) is 3.91. The summed E-state index contributed by atoms with van der Waals surface area (Å²) in [6.07, 6.45) is 1.13. The van der Waals surface area contributed by atoms with Crippen LogP contribution in [0.2, 0.25) is 0 Å². The molecule has 0 amide bonds. The van der Waals surface area contributed by atoms with Gasteiger partial charge in [-0.15, -0.1) is 0 Å². The van der Waals surface area contributed by atoms with Crippen molar-refractivity contribution in [3.8, 4) is 0 Å². The lowest BCUT2D eigenvalue weighted by Gasteiger charge is -2.34. The fraction of sp³-hybridized carbons (Fsp3) is 0.706. The first-order chi connectivity index (χ1) is 10.2. The second-order valence-electron chi connectivity index (χ2n) is 6.25. The number of rotatable bonds is 7. The van der Waals surface area contributed by atoms with E-state index >= 15 is 0 Å². The highest BCUT2D eigenvalue weighted by atomic mass is 16.5. The van der Waals surface area contributed by atoms with Gasteiger partial charge in [-0.1, -0.05) is 26.8 Å². The van der Waals surface area contributed by atoms with Crippen molar-refractivity contribution in [1.29, 1.82) is 0 Å². The van der Waals surface area contributed by atoms with Crippen LogP contribution >= 0.6 is 0 Å². The van der Waals surface area contributed by atoms with Crippen molar-refractivity contribution >= 4 is 0 Å². The lowest BCUT2D eigenvalue weighted by Crippen LogP contribution is -2.44. The van der Waals surface area contributed by atoms with Crippen molar-refractivity contribution in [1.82, 2.24) is 15.2 Å². The van der Waals surface area contributed by atoms with Crippen LogP contribution in [0.4, 0.5) is 0 Å². The third kappa shape index (κ3) is 5.38. The Labute approximate surface area is 128 Å². The van der Waals surface area contributed by atoms with Crippen LogP contribution in [0.25, 0.3) is 0 Å². The Bertz CT molecular complexity index is 422. The van der Waals surface area contributed by atoms with Crippen LogP contribution in [0.3, 0.4) is 0 Å². The molecule has 4 nitrogen and oxygen atoms in total. The maximum Gasteiger partial charge on any atom is 0.0622 e. The Morgan fingerprint density at radius 2 is 2.19 bits per heavy atom. The van der Waals surface area contributed by atoms with Gasteiger partial charge in [0.1, 0.15) is 0 Å². The zero-order chi connectivity index (χ0) is 15.1. The molecule has 0 spiro atoms. The molecule has 1 aromatic heterocycles. The summed E-state index contributed by atoms with van der Waals surface area (Å²) in [7, 11) is 0. The highest BCUT2D eigenvalue weighted by Crippen LogP contribution is 2.14. The molecule has 1 aliphatic rings. The largest absolute Gasteiger partial charge is 0.378 e. The summed E-state index contributed by atoms with van der Waals surface area (Å²) in [5.74, 6) is 0.673. The Hall–Kier alpha value is -0.970. The maximum atomic E-state index is 5.57. The molecular weight excluding hydrogens is 262 g/mol. The van der Waals surface area contributed by atoms with Gasteiger partial charge in [-0.25, -0.2) is 0 Å². The zero-order valence-corrected chi connectivity index (χ0v) is 13.6. The first-order valence-corrected chi connectivity index (χ1v) is 8.16. The molecular formula is C17H29N3O. The van der Waals surface area contributed by atoms with Gasteiger partial charge in [0.05, 0.1) is 24.6 Å². The second-order valence-corrected chi connectivity index (χ2v) is 6.25. The Balaban J connectivity index is 1.90. The Morgan fingerprint density at radius 1 is 1.38 bits per heavy atom. The lowest BCUT2D eigenvalue weighted by molar-refractivity contribution is -0.0132. The molecule has 1 atom stereocenters. The Morgan fingerprint density at radius 3 is 2.95 bits per heavy atom. The van der Waals surface area contributed by atoms with Crippen LogP contribution in [-0.4, -0.2) is 42.2 Å². The molecule has 118 valence electrons. The molecule has 1 aromatic rings. The summed E-state index contributed by atoms with van der Waals surface area (Å²) in [6.45, 7) is 12.2. The SMILES string of the molecule is CCC1COCCN1Cc1cccc(CNCC(C)C)n1. The molecule has 0 aromatic carbocycles. The fourth-order valence-electron chi connectivity index (χ4n) is 2.69. The summed E-state index contributed by atoms with van der Waals surface area (Å²) in [6, 6.07) is 6.89. The lowest BCUT2D eigenvalue weighted by atomic mass is 10.1. The Kier molecular flexibility index (Phi) is 6.61. The standard InChI is InChI=1S/C17H29N3O/c1-4-17-13-21-9-8-20(17)12-16-7-5-6-15(19-16)11-18-10-14(2)3/h5-7,14,17-18H,4,8-13H2,1-3H3. The molecule has 1 N–H and O–H groups in total. The highest BCUT2D eigenvalue weighted by Gasteiger charge is 2.21. The summed E-state index contributed by atoms with van der Waals surface area (Å²) >= 11 is 0. The maximum absolute atomic E-state index is 5.57. The predicted octanol–water partition coefficient (Wildman–Crippen LogP) is 2.44. The van der Waals surface area contributed by atoms with Gasteiger partial charge in [-0.2, -0.15) is 0 Å². The van der Waals surface area contributed by atoms with E-state index < -0.39 is 0 Å². The van der Waals surface area contributed by atoms with E-state index in [0.29, 0.717) is 12.0 Å². The second kappa shape index (κ2) is 8.47. The van der Waals surface area contributed by atoms with Gasteiger partial charge in [0, 0.05) is 25.7 Å². The van der Waals surface area contributed by atoms with E-state index in [2.05, 4.69) is 49.2 Å².